The topological polar surface area (TPSA) is 62.0 Å². The molecule has 1 aromatic rings. The molecule has 0 fully saturated rings. The molecule has 1 atom stereocenters. The Bertz CT molecular complexity index is 587. The maximum absolute atomic E-state index is 11.5. The van der Waals surface area contributed by atoms with Crippen molar-refractivity contribution in [3.05, 3.63) is 41.6 Å². The quantitative estimate of drug-likeness (QED) is 0.790. The molecule has 0 aliphatic carbocycles. The second kappa shape index (κ2) is 3.38. The number of carboxylic acids is 1. The Hall–Kier alpha value is -2.23. The molecule has 1 aromatic carbocycles. The predicted molar refractivity (Wildman–Crippen MR) is 65.4 cm³/mol. The molecule has 4 heteroatoms. The Balaban J connectivity index is 2.25. The Morgan fingerprint density at radius 3 is 3.00 bits per heavy atom. The summed E-state index contributed by atoms with van der Waals surface area (Å²) in [5.41, 5.74) is 1.46. The molecule has 2 aliphatic rings. The molecule has 2 aliphatic heterocycles. The normalized spacial score (nSPS) is 24.8. The Labute approximate surface area is 98.0 Å². The van der Waals surface area contributed by atoms with E-state index in [9.17, 15) is 9.90 Å². The van der Waals surface area contributed by atoms with E-state index in [1.54, 1.807) is 12.4 Å². The number of carboxylic acid groups (broad SMARTS) is 1. The molecule has 2 heterocycles. The van der Waals surface area contributed by atoms with E-state index in [2.05, 4.69) is 9.98 Å². The fourth-order valence-electron chi connectivity index (χ4n) is 2.24. The maximum Gasteiger partial charge on any atom is 0.321 e. The minimum atomic E-state index is -1.09. The molecule has 0 saturated carbocycles. The molecule has 0 radical (unpaired) electrons. The first-order valence-electron chi connectivity index (χ1n) is 5.32. The van der Waals surface area contributed by atoms with E-state index in [1.807, 2.05) is 24.3 Å². The fraction of sp³-hybridized carbons (Fsp3) is 0.154. The summed E-state index contributed by atoms with van der Waals surface area (Å²) in [4.78, 5) is 19.7. The van der Waals surface area contributed by atoms with Crippen molar-refractivity contribution in [2.45, 2.75) is 0 Å². The van der Waals surface area contributed by atoms with Gasteiger partial charge in [-0.25, -0.2) is 0 Å². The molecule has 84 valence electrons. The Morgan fingerprint density at radius 1 is 1.35 bits per heavy atom. The lowest BCUT2D eigenvalue weighted by atomic mass is 9.79. The summed E-state index contributed by atoms with van der Waals surface area (Å²) in [5, 5.41) is 9.44. The van der Waals surface area contributed by atoms with Crippen molar-refractivity contribution in [3.63, 3.8) is 0 Å². The third-order valence-electron chi connectivity index (χ3n) is 3.18. The molecule has 1 unspecified atom stereocenters. The molecule has 0 saturated heterocycles. The molecule has 1 N–H and O–H groups in total. The molecule has 0 aromatic heterocycles. The van der Waals surface area contributed by atoms with Crippen LogP contribution in [0.3, 0.4) is 0 Å². The molecule has 0 spiro atoms. The van der Waals surface area contributed by atoms with Crippen LogP contribution in [0.4, 0.5) is 0 Å². The van der Waals surface area contributed by atoms with Gasteiger partial charge in [-0.1, -0.05) is 24.3 Å². The lowest BCUT2D eigenvalue weighted by molar-refractivity contribution is -0.141. The molecular formula is C13H10N2O2. The maximum atomic E-state index is 11.5. The first-order valence-corrected chi connectivity index (χ1v) is 5.32. The van der Waals surface area contributed by atoms with E-state index >= 15 is 0 Å². The zero-order chi connectivity index (χ0) is 11.9. The smallest absolute Gasteiger partial charge is 0.321 e. The number of benzene rings is 1. The minimum Gasteiger partial charge on any atom is -0.480 e. The van der Waals surface area contributed by atoms with Crippen LogP contribution < -0.4 is 0 Å². The lowest BCUT2D eigenvalue weighted by Gasteiger charge is -2.22. The monoisotopic (exact) mass is 226 g/mol. The van der Waals surface area contributed by atoms with Crippen molar-refractivity contribution in [1.82, 2.24) is 0 Å². The van der Waals surface area contributed by atoms with Gasteiger partial charge in [0.1, 0.15) is 5.41 Å². The van der Waals surface area contributed by atoms with Crippen molar-refractivity contribution < 1.29 is 9.90 Å². The highest BCUT2D eigenvalue weighted by molar-refractivity contribution is 6.13. The molecule has 0 bridgehead atoms. The van der Waals surface area contributed by atoms with Gasteiger partial charge in [-0.15, -0.1) is 0 Å². The van der Waals surface area contributed by atoms with Gasteiger partial charge >= 0.3 is 5.97 Å². The average Bonchev–Trinajstić information content (AvgIpc) is 2.68. The van der Waals surface area contributed by atoms with Crippen LogP contribution in [0.2, 0.25) is 0 Å². The van der Waals surface area contributed by atoms with Crippen molar-refractivity contribution in [1.29, 1.82) is 0 Å². The van der Waals surface area contributed by atoms with Gasteiger partial charge in [-0.2, -0.15) is 0 Å². The SMILES string of the molecule is O=C(O)C12C=NC=C1c1ccccc1C=NC2. The van der Waals surface area contributed by atoms with Gasteiger partial charge in [0.15, 0.2) is 0 Å². The predicted octanol–water partition coefficient (Wildman–Crippen LogP) is 1.62. The summed E-state index contributed by atoms with van der Waals surface area (Å²) in [7, 11) is 0. The first-order chi connectivity index (χ1) is 8.24. The zero-order valence-electron chi connectivity index (χ0n) is 9.00. The Kier molecular flexibility index (Phi) is 1.98. The number of nitrogens with zero attached hydrogens (tertiary/aromatic N) is 2. The summed E-state index contributed by atoms with van der Waals surface area (Å²) in [6.45, 7) is 0.201. The van der Waals surface area contributed by atoms with E-state index in [0.29, 0.717) is 0 Å². The second-order valence-corrected chi connectivity index (χ2v) is 4.15. The van der Waals surface area contributed by atoms with Gasteiger partial charge in [0.2, 0.25) is 0 Å². The van der Waals surface area contributed by atoms with Crippen LogP contribution in [-0.2, 0) is 4.79 Å². The summed E-state index contributed by atoms with van der Waals surface area (Å²) in [5.74, 6) is -0.904. The number of aliphatic carboxylic acids is 1. The van der Waals surface area contributed by atoms with E-state index in [-0.39, 0.29) is 6.54 Å². The summed E-state index contributed by atoms with van der Waals surface area (Å²) in [6.07, 6.45) is 4.83. The summed E-state index contributed by atoms with van der Waals surface area (Å²) < 4.78 is 0. The van der Waals surface area contributed by atoms with E-state index in [0.717, 1.165) is 16.7 Å². The fourth-order valence-corrected chi connectivity index (χ4v) is 2.24. The van der Waals surface area contributed by atoms with Gasteiger partial charge in [0.05, 0.1) is 6.54 Å². The van der Waals surface area contributed by atoms with Crippen LogP contribution in [-0.4, -0.2) is 30.0 Å². The van der Waals surface area contributed by atoms with E-state index < -0.39 is 11.4 Å². The van der Waals surface area contributed by atoms with Gasteiger partial charge in [-0.3, -0.25) is 14.8 Å². The van der Waals surface area contributed by atoms with Crippen molar-refractivity contribution in [3.8, 4) is 0 Å². The molecular weight excluding hydrogens is 216 g/mol. The van der Waals surface area contributed by atoms with Crippen LogP contribution in [0.1, 0.15) is 11.1 Å². The molecule has 0 amide bonds. The molecule has 3 rings (SSSR count). The zero-order valence-corrected chi connectivity index (χ0v) is 9.00. The number of fused-ring (bicyclic) bond motifs is 3. The average molecular weight is 226 g/mol. The highest BCUT2D eigenvalue weighted by Gasteiger charge is 2.45. The van der Waals surface area contributed by atoms with Gasteiger partial charge in [0, 0.05) is 24.2 Å². The summed E-state index contributed by atoms with van der Waals surface area (Å²) in [6, 6.07) is 7.64. The number of aliphatic imine (C=N–C) groups is 2. The van der Waals surface area contributed by atoms with E-state index in [1.165, 1.54) is 6.21 Å². The second-order valence-electron chi connectivity index (χ2n) is 4.15. The van der Waals surface area contributed by atoms with Crippen LogP contribution in [0.5, 0.6) is 0 Å². The number of hydrogen-bond donors (Lipinski definition) is 1. The minimum absolute atomic E-state index is 0.201. The number of rotatable bonds is 1. The highest BCUT2D eigenvalue weighted by atomic mass is 16.4. The number of hydrogen-bond acceptors (Lipinski definition) is 3. The molecule has 17 heavy (non-hydrogen) atoms. The largest absolute Gasteiger partial charge is 0.480 e. The third kappa shape index (κ3) is 1.27. The first kappa shape index (κ1) is 9.96. The van der Waals surface area contributed by atoms with Gasteiger partial charge in [0.25, 0.3) is 0 Å². The lowest BCUT2D eigenvalue weighted by Crippen LogP contribution is -2.35. The van der Waals surface area contributed by atoms with Crippen LogP contribution in [0.25, 0.3) is 5.57 Å². The van der Waals surface area contributed by atoms with E-state index in [4.69, 9.17) is 0 Å². The van der Waals surface area contributed by atoms with Crippen LogP contribution in [0, 0.1) is 5.41 Å². The standard InChI is InChI=1S/C13H10N2O2/c16-12(17)13-7-14-5-9-3-1-2-4-10(9)11(13)6-15-8-13/h1-6,8H,7H2,(H,16,17). The van der Waals surface area contributed by atoms with Crippen molar-refractivity contribution in [2.24, 2.45) is 15.4 Å². The summed E-state index contributed by atoms with van der Waals surface area (Å²) >= 11 is 0. The van der Waals surface area contributed by atoms with Gasteiger partial charge < -0.3 is 5.11 Å². The van der Waals surface area contributed by atoms with Crippen LogP contribution in [0.15, 0.2) is 40.5 Å². The molecule has 4 nitrogen and oxygen atoms in total. The number of carbonyl (C=O) groups is 1. The highest BCUT2D eigenvalue weighted by Crippen LogP contribution is 2.40. The van der Waals surface area contributed by atoms with Gasteiger partial charge in [-0.05, 0) is 11.1 Å². The van der Waals surface area contributed by atoms with Crippen molar-refractivity contribution >= 4 is 24.0 Å². The van der Waals surface area contributed by atoms with Crippen LogP contribution >= 0.6 is 0 Å². The third-order valence-corrected chi connectivity index (χ3v) is 3.18. The Morgan fingerprint density at radius 2 is 2.18 bits per heavy atom. The van der Waals surface area contributed by atoms with Crippen molar-refractivity contribution in [2.75, 3.05) is 6.54 Å².